The molecule has 0 saturated heterocycles. The molecule has 0 aromatic heterocycles. The van der Waals surface area contributed by atoms with Crippen molar-refractivity contribution in [3.8, 4) is 12.3 Å². The number of hydrogen-bond donors (Lipinski definition) is 2. The van der Waals surface area contributed by atoms with Gasteiger partial charge in [0, 0.05) is 12.2 Å². The third-order valence-electron chi connectivity index (χ3n) is 4.30. The molecule has 0 bridgehead atoms. The highest BCUT2D eigenvalue weighted by Crippen LogP contribution is 2.30. The number of rotatable bonds is 5. The van der Waals surface area contributed by atoms with E-state index in [2.05, 4.69) is 28.0 Å². The van der Waals surface area contributed by atoms with Gasteiger partial charge in [0.1, 0.15) is 11.6 Å². The quantitative estimate of drug-likeness (QED) is 0.765. The van der Waals surface area contributed by atoms with Gasteiger partial charge < -0.3 is 10.6 Å². The van der Waals surface area contributed by atoms with E-state index in [1.165, 1.54) is 13.3 Å². The Labute approximate surface area is 136 Å². The maximum Gasteiger partial charge on any atom is 0.243 e. The van der Waals surface area contributed by atoms with Crippen LogP contribution in [0.1, 0.15) is 51.9 Å². The molecule has 2 aliphatic rings. The Balaban J connectivity index is 2.00. The summed E-state index contributed by atoms with van der Waals surface area (Å²) < 4.78 is 0. The minimum absolute atomic E-state index is 0.150. The number of carbonyl (C=O) groups excluding carboxylic acids is 2. The van der Waals surface area contributed by atoms with Crippen LogP contribution in [-0.4, -0.2) is 28.6 Å². The van der Waals surface area contributed by atoms with Gasteiger partial charge >= 0.3 is 0 Å². The molecule has 4 nitrogen and oxygen atoms in total. The van der Waals surface area contributed by atoms with E-state index < -0.39 is 11.6 Å². The summed E-state index contributed by atoms with van der Waals surface area (Å²) in [6.07, 6.45) is 14.2. The van der Waals surface area contributed by atoms with E-state index in [4.69, 9.17) is 6.42 Å². The summed E-state index contributed by atoms with van der Waals surface area (Å²) in [6.45, 7) is 1.44. The van der Waals surface area contributed by atoms with Gasteiger partial charge in [0.15, 0.2) is 0 Å². The Hall–Kier alpha value is -1.41. The molecule has 2 N–H and O–H groups in total. The van der Waals surface area contributed by atoms with Crippen molar-refractivity contribution >= 4 is 23.6 Å². The molecule has 0 spiro atoms. The molecule has 5 heteroatoms. The van der Waals surface area contributed by atoms with Crippen LogP contribution in [0.5, 0.6) is 0 Å². The molecule has 2 rings (SSSR count). The fourth-order valence-electron chi connectivity index (χ4n) is 3.10. The number of amides is 2. The monoisotopic (exact) mass is 320 g/mol. The molecule has 0 aromatic rings. The lowest BCUT2D eigenvalue weighted by molar-refractivity contribution is -0.129. The third-order valence-corrected chi connectivity index (χ3v) is 5.42. The zero-order chi connectivity index (χ0) is 16.0. The summed E-state index contributed by atoms with van der Waals surface area (Å²) in [7, 11) is 0. The Morgan fingerprint density at radius 3 is 2.68 bits per heavy atom. The molecular weight excluding hydrogens is 296 g/mol. The smallest absolute Gasteiger partial charge is 0.243 e. The first-order valence-electron chi connectivity index (χ1n) is 7.92. The van der Waals surface area contributed by atoms with Gasteiger partial charge in [-0.15, -0.1) is 18.2 Å². The lowest BCUT2D eigenvalue weighted by Gasteiger charge is -2.35. The van der Waals surface area contributed by atoms with E-state index in [1.807, 2.05) is 0 Å². The minimum Gasteiger partial charge on any atom is -0.345 e. The van der Waals surface area contributed by atoms with Crippen molar-refractivity contribution in [2.75, 3.05) is 0 Å². The molecule has 0 radical (unpaired) electrons. The topological polar surface area (TPSA) is 58.2 Å². The van der Waals surface area contributed by atoms with Gasteiger partial charge in [0.25, 0.3) is 0 Å². The van der Waals surface area contributed by atoms with Crippen molar-refractivity contribution in [1.82, 2.24) is 10.6 Å². The predicted molar refractivity (Wildman–Crippen MR) is 90.1 cm³/mol. The summed E-state index contributed by atoms with van der Waals surface area (Å²) in [5.41, 5.74) is -0.535. The molecule has 1 fully saturated rings. The van der Waals surface area contributed by atoms with Crippen LogP contribution in [-0.2, 0) is 9.59 Å². The first-order valence-corrected chi connectivity index (χ1v) is 8.86. The van der Waals surface area contributed by atoms with E-state index in [9.17, 15) is 9.59 Å². The predicted octanol–water partition coefficient (Wildman–Crippen LogP) is 2.35. The Kier molecular flexibility index (Phi) is 5.96. The molecule has 1 aliphatic carbocycles. The second-order valence-corrected chi connectivity index (χ2v) is 7.34. The number of allylic oxidation sites excluding steroid dienone is 1. The second-order valence-electron chi connectivity index (χ2n) is 6.13. The van der Waals surface area contributed by atoms with Crippen molar-refractivity contribution in [2.45, 2.75) is 68.7 Å². The fourth-order valence-corrected chi connectivity index (χ4v) is 4.08. The van der Waals surface area contributed by atoms with E-state index in [0.29, 0.717) is 11.7 Å². The zero-order valence-electron chi connectivity index (χ0n) is 13.1. The molecule has 1 unspecified atom stereocenters. The summed E-state index contributed by atoms with van der Waals surface area (Å²) in [4.78, 5) is 24.1. The molecule has 1 aliphatic heterocycles. The van der Waals surface area contributed by atoms with Gasteiger partial charge in [0.05, 0.1) is 0 Å². The molecule has 1 heterocycles. The third kappa shape index (κ3) is 4.54. The van der Waals surface area contributed by atoms with Gasteiger partial charge in [-0.3, -0.25) is 9.59 Å². The Morgan fingerprint density at radius 1 is 1.41 bits per heavy atom. The molecular formula is C17H24N2O2S. The largest absolute Gasteiger partial charge is 0.345 e. The molecule has 2 amide bonds. The van der Waals surface area contributed by atoms with Crippen molar-refractivity contribution in [3.05, 3.63) is 11.5 Å². The van der Waals surface area contributed by atoms with Crippen LogP contribution in [0.4, 0.5) is 0 Å². The van der Waals surface area contributed by atoms with Crippen LogP contribution in [0.3, 0.4) is 0 Å². The summed E-state index contributed by atoms with van der Waals surface area (Å²) >= 11 is 1.71. The van der Waals surface area contributed by atoms with E-state index in [-0.39, 0.29) is 11.8 Å². The van der Waals surface area contributed by atoms with E-state index >= 15 is 0 Å². The molecule has 2 atom stereocenters. The second kappa shape index (κ2) is 7.73. The van der Waals surface area contributed by atoms with Gasteiger partial charge in [-0.05, 0) is 31.1 Å². The van der Waals surface area contributed by atoms with Crippen LogP contribution >= 0.6 is 11.8 Å². The van der Waals surface area contributed by atoms with Gasteiger partial charge in [0.2, 0.25) is 11.8 Å². The van der Waals surface area contributed by atoms with Gasteiger partial charge in [-0.1, -0.05) is 31.3 Å². The molecule has 120 valence electrons. The Morgan fingerprint density at radius 2 is 2.14 bits per heavy atom. The average molecular weight is 320 g/mol. The summed E-state index contributed by atoms with van der Waals surface area (Å²) in [5, 5.41) is 8.22. The Bertz CT molecular complexity index is 481. The van der Waals surface area contributed by atoms with Crippen molar-refractivity contribution in [2.24, 2.45) is 0 Å². The minimum atomic E-state index is -0.535. The summed E-state index contributed by atoms with van der Waals surface area (Å²) in [5.74, 6) is 2.45. The average Bonchev–Trinajstić information content (AvgIpc) is 3.00. The number of thioether (sulfide) groups is 1. The van der Waals surface area contributed by atoms with Crippen molar-refractivity contribution in [1.29, 1.82) is 0 Å². The maximum absolute atomic E-state index is 12.6. The number of nitrogens with one attached hydrogen (secondary N) is 2. The molecule has 22 heavy (non-hydrogen) atoms. The standard InChI is InChI=1S/C17H24N2O2S/c1-3-17(9-5-4-6-10-17)19-16(21)15(18-13(2)20)12-14-8-7-11-22-14/h1,7,11,14-15H,4-6,8-10,12H2,2H3,(H,18,20)(H,19,21)/t14?,15-/m0/s1. The highest BCUT2D eigenvalue weighted by molar-refractivity contribution is 8.03. The van der Waals surface area contributed by atoms with Crippen molar-refractivity contribution in [3.63, 3.8) is 0 Å². The van der Waals surface area contributed by atoms with E-state index in [0.717, 1.165) is 32.1 Å². The molecule has 0 aromatic carbocycles. The first-order chi connectivity index (χ1) is 10.5. The number of terminal acetylenes is 1. The van der Waals surface area contributed by atoms with Crippen LogP contribution < -0.4 is 10.6 Å². The van der Waals surface area contributed by atoms with Crippen LogP contribution in [0.25, 0.3) is 0 Å². The lowest BCUT2D eigenvalue weighted by atomic mass is 9.82. The van der Waals surface area contributed by atoms with Gasteiger partial charge in [-0.2, -0.15) is 0 Å². The SMILES string of the molecule is C#CC1(NC(=O)[C@H](CC2CC=CS2)NC(C)=O)CCCCC1. The number of hydrogen-bond acceptors (Lipinski definition) is 3. The highest BCUT2D eigenvalue weighted by Gasteiger charge is 2.34. The highest BCUT2D eigenvalue weighted by atomic mass is 32.2. The normalized spacial score (nSPS) is 24.3. The van der Waals surface area contributed by atoms with Crippen LogP contribution in [0.15, 0.2) is 11.5 Å². The van der Waals surface area contributed by atoms with Gasteiger partial charge in [-0.25, -0.2) is 0 Å². The fraction of sp³-hybridized carbons (Fsp3) is 0.647. The zero-order valence-corrected chi connectivity index (χ0v) is 13.9. The van der Waals surface area contributed by atoms with E-state index in [1.54, 1.807) is 11.8 Å². The van der Waals surface area contributed by atoms with Crippen LogP contribution in [0, 0.1) is 12.3 Å². The maximum atomic E-state index is 12.6. The summed E-state index contributed by atoms with van der Waals surface area (Å²) in [6, 6.07) is -0.512. The van der Waals surface area contributed by atoms with Crippen LogP contribution in [0.2, 0.25) is 0 Å². The molecule has 1 saturated carbocycles. The first kappa shape index (κ1) is 17.0. The lowest BCUT2D eigenvalue weighted by Crippen LogP contribution is -2.56. The number of carbonyl (C=O) groups is 2. The van der Waals surface area contributed by atoms with Crippen molar-refractivity contribution < 1.29 is 9.59 Å².